The molecule has 4 aliphatic heterocycles. The van der Waals surface area contributed by atoms with E-state index in [4.69, 9.17) is 31.8 Å². The number of halogens is 6. The molecule has 4 aromatic rings. The molecule has 0 unspecified atom stereocenters. The van der Waals surface area contributed by atoms with Crippen molar-refractivity contribution in [2.45, 2.75) is 56.3 Å². The van der Waals surface area contributed by atoms with Crippen LogP contribution in [0.5, 0.6) is 11.8 Å². The first-order valence-corrected chi connectivity index (χ1v) is 17.8. The average Bonchev–Trinajstić information content (AvgIpc) is 3.71. The minimum absolute atomic E-state index is 0.0230. The maximum absolute atomic E-state index is 17.2. The monoisotopic (exact) mass is 747 g/mol. The van der Waals surface area contributed by atoms with E-state index in [2.05, 4.69) is 9.88 Å². The van der Waals surface area contributed by atoms with E-state index in [0.29, 0.717) is 25.8 Å². The van der Waals surface area contributed by atoms with Crippen LogP contribution in [0, 0.1) is 23.0 Å². The second kappa shape index (κ2) is 12.8. The quantitative estimate of drug-likeness (QED) is 0.227. The van der Waals surface area contributed by atoms with Crippen LogP contribution in [-0.2, 0) is 4.79 Å². The van der Waals surface area contributed by atoms with Crippen LogP contribution in [0.2, 0.25) is 5.02 Å². The molecular weight excluding hydrogens is 717 g/mol. The van der Waals surface area contributed by atoms with E-state index in [1.54, 1.807) is 0 Å². The lowest BCUT2D eigenvalue weighted by atomic mass is 9.95. The minimum Gasteiger partial charge on any atom is -0.489 e. The van der Waals surface area contributed by atoms with Gasteiger partial charge < -0.3 is 25.0 Å². The van der Waals surface area contributed by atoms with Gasteiger partial charge in [-0.1, -0.05) is 17.7 Å². The van der Waals surface area contributed by atoms with E-state index >= 15 is 8.78 Å². The summed E-state index contributed by atoms with van der Waals surface area (Å²) in [6.07, 6.45) is -1.59. The summed E-state index contributed by atoms with van der Waals surface area (Å²) in [4.78, 5) is 26.4. The molecule has 0 bridgehead atoms. The molecule has 51 heavy (non-hydrogen) atoms. The van der Waals surface area contributed by atoms with E-state index in [-0.39, 0.29) is 111 Å². The number of piperidine rings is 1. The van der Waals surface area contributed by atoms with Crippen LogP contribution in [0.15, 0.2) is 12.1 Å². The van der Waals surface area contributed by atoms with Gasteiger partial charge in [-0.2, -0.15) is 24.0 Å². The summed E-state index contributed by atoms with van der Waals surface area (Å²) >= 11 is 7.86. The number of fused-ring (bicyclic) bond motifs is 2. The van der Waals surface area contributed by atoms with Gasteiger partial charge in [0.25, 0.3) is 5.91 Å². The molecule has 6 heterocycles. The van der Waals surface area contributed by atoms with Crippen LogP contribution in [0.1, 0.15) is 37.7 Å². The number of nitrogen functional groups attached to an aromatic ring is 1. The van der Waals surface area contributed by atoms with Crippen LogP contribution < -0.4 is 20.1 Å². The highest BCUT2D eigenvalue weighted by atomic mass is 35.5. The predicted octanol–water partition coefficient (Wildman–Crippen LogP) is 6.31. The Kier molecular flexibility index (Phi) is 8.50. The van der Waals surface area contributed by atoms with Crippen LogP contribution in [0.3, 0.4) is 0 Å². The van der Waals surface area contributed by atoms with Crippen molar-refractivity contribution >= 4 is 60.7 Å². The normalized spacial score (nSPS) is 22.4. The third kappa shape index (κ3) is 5.46. The number of thiophene rings is 1. The van der Waals surface area contributed by atoms with E-state index in [9.17, 15) is 23.2 Å². The zero-order valence-corrected chi connectivity index (χ0v) is 28.6. The van der Waals surface area contributed by atoms with E-state index in [0.717, 1.165) is 35.3 Å². The van der Waals surface area contributed by atoms with Crippen LogP contribution in [0.25, 0.3) is 32.1 Å². The van der Waals surface area contributed by atoms with Crippen molar-refractivity contribution in [1.82, 2.24) is 19.8 Å². The fourth-order valence-corrected chi connectivity index (χ4v) is 9.56. The molecule has 2 atom stereocenters. The smallest absolute Gasteiger partial charge is 0.319 e. The molecule has 2 N–H and O–H groups in total. The van der Waals surface area contributed by atoms with Crippen molar-refractivity contribution in [2.24, 2.45) is 0 Å². The maximum Gasteiger partial charge on any atom is 0.319 e. The first-order valence-electron chi connectivity index (χ1n) is 16.6. The van der Waals surface area contributed by atoms with Crippen molar-refractivity contribution in [3.8, 4) is 29.0 Å². The molecule has 0 spiro atoms. The lowest BCUT2D eigenvalue weighted by molar-refractivity contribution is -0.143. The molecule has 3 saturated heterocycles. The number of nitriles is 1. The number of rotatable bonds is 6. The highest BCUT2D eigenvalue weighted by Crippen LogP contribution is 2.51. The lowest BCUT2D eigenvalue weighted by Gasteiger charge is -2.38. The highest BCUT2D eigenvalue weighted by molar-refractivity contribution is 7.23. The number of amides is 1. The van der Waals surface area contributed by atoms with Gasteiger partial charge in [-0.15, -0.1) is 11.3 Å². The molecule has 268 valence electrons. The zero-order chi connectivity index (χ0) is 35.8. The Hall–Kier alpha value is -4.20. The van der Waals surface area contributed by atoms with Crippen molar-refractivity contribution in [3.05, 3.63) is 34.4 Å². The first-order chi connectivity index (χ1) is 24.5. The summed E-state index contributed by atoms with van der Waals surface area (Å²) < 4.78 is 85.7. The number of hydrogen-bond acceptors (Lipinski definition) is 10. The summed E-state index contributed by atoms with van der Waals surface area (Å²) in [7, 11) is 0. The van der Waals surface area contributed by atoms with Gasteiger partial charge in [0.2, 0.25) is 0 Å². The predicted molar refractivity (Wildman–Crippen MR) is 181 cm³/mol. The van der Waals surface area contributed by atoms with Crippen LogP contribution in [-0.4, -0.2) is 95.8 Å². The topological polar surface area (TPSA) is 121 Å². The number of nitrogens with two attached hydrogens (primary N) is 1. The second-order valence-corrected chi connectivity index (χ2v) is 14.8. The van der Waals surface area contributed by atoms with Crippen LogP contribution in [0.4, 0.5) is 32.8 Å². The van der Waals surface area contributed by atoms with E-state index < -0.39 is 35.7 Å². The van der Waals surface area contributed by atoms with Crippen molar-refractivity contribution < 1.29 is 36.2 Å². The highest BCUT2D eigenvalue weighted by Gasteiger charge is 2.49. The Morgan fingerprint density at radius 2 is 1.98 bits per heavy atom. The second-order valence-electron chi connectivity index (χ2n) is 13.4. The standard InChI is InChI=1S/C34H31ClF5N7O3S/c35-24-22(18-2-3-20(37)28-21(18)19(13-41)30(42)51-28)25(38)26-23-27(24)49-11-10-47(17-4-8-45(9-5-17)32(48)29(39)40)31(23)44-33(43-26)50-15-34-6-1-7-46(34)14-16(36)12-34/h2-3,16-17,29H,1,4-12,14-15,42H2/t16-,34+/m1/s1. The van der Waals surface area contributed by atoms with Crippen molar-refractivity contribution in [2.75, 3.05) is 56.6 Å². The Balaban J connectivity index is 1.28. The number of nitrogens with zero attached hydrogens (tertiary/aromatic N) is 6. The number of anilines is 2. The molecule has 0 aliphatic carbocycles. The van der Waals surface area contributed by atoms with Gasteiger partial charge in [-0.05, 0) is 43.9 Å². The Morgan fingerprint density at radius 3 is 2.73 bits per heavy atom. The summed E-state index contributed by atoms with van der Waals surface area (Å²) in [6.45, 7) is 1.56. The molecular formula is C34H31ClF5N7O3S. The summed E-state index contributed by atoms with van der Waals surface area (Å²) in [5.41, 5.74) is 5.22. The largest absolute Gasteiger partial charge is 0.489 e. The summed E-state index contributed by atoms with van der Waals surface area (Å²) in [5.74, 6) is -2.47. The van der Waals surface area contributed by atoms with Gasteiger partial charge in [0.15, 0.2) is 11.6 Å². The van der Waals surface area contributed by atoms with Gasteiger partial charge >= 0.3 is 12.4 Å². The Morgan fingerprint density at radius 1 is 1.20 bits per heavy atom. The molecule has 0 radical (unpaired) electrons. The van der Waals surface area contributed by atoms with Crippen LogP contribution >= 0.6 is 22.9 Å². The number of likely N-dealkylation sites (tertiary alicyclic amines) is 1. The lowest BCUT2D eigenvalue weighted by Crippen LogP contribution is -2.49. The summed E-state index contributed by atoms with van der Waals surface area (Å²) in [6, 6.07) is 4.00. The number of ether oxygens (including phenoxy) is 2. The molecule has 2 aromatic carbocycles. The maximum atomic E-state index is 17.2. The van der Waals surface area contributed by atoms with Gasteiger partial charge in [-0.25, -0.2) is 13.2 Å². The van der Waals surface area contributed by atoms with Crippen molar-refractivity contribution in [1.29, 1.82) is 5.26 Å². The Bertz CT molecular complexity index is 2120. The minimum atomic E-state index is -3.11. The fraction of sp³-hybridized carbons (Fsp3) is 0.471. The number of aromatic nitrogens is 2. The third-order valence-electron chi connectivity index (χ3n) is 10.6. The third-order valence-corrected chi connectivity index (χ3v) is 12.0. The molecule has 8 rings (SSSR count). The number of hydrogen-bond donors (Lipinski definition) is 1. The molecule has 3 fully saturated rings. The number of carbonyl (C=O) groups is 1. The van der Waals surface area contributed by atoms with Gasteiger partial charge in [-0.3, -0.25) is 9.69 Å². The SMILES string of the molecule is N#Cc1c(N)sc2c(F)ccc(-c3c(Cl)c4c5c(nc(OC[C@@]67CCCN6C[C@H](F)C7)nc5c3F)N(C3CCN(C(=O)C(F)F)CC3)CCO4)c12. The summed E-state index contributed by atoms with van der Waals surface area (Å²) in [5, 5.41) is 10.1. The average molecular weight is 748 g/mol. The van der Waals surface area contributed by atoms with Gasteiger partial charge in [0.05, 0.1) is 32.8 Å². The molecule has 2 aromatic heterocycles. The van der Waals surface area contributed by atoms with Gasteiger partial charge in [0, 0.05) is 43.0 Å². The number of benzene rings is 2. The van der Waals surface area contributed by atoms with Crippen molar-refractivity contribution in [3.63, 3.8) is 0 Å². The first kappa shape index (κ1) is 33.9. The zero-order valence-electron chi connectivity index (χ0n) is 27.0. The molecule has 17 heteroatoms. The molecule has 10 nitrogen and oxygen atoms in total. The molecule has 1 amide bonds. The fourth-order valence-electron chi connectivity index (χ4n) is 8.28. The molecule has 4 aliphatic rings. The number of alkyl halides is 3. The van der Waals surface area contributed by atoms with Gasteiger partial charge in [0.1, 0.15) is 47.6 Å². The Labute approximate surface area is 297 Å². The number of carbonyl (C=O) groups excluding carboxylic acids is 1. The van der Waals surface area contributed by atoms with E-state index in [1.165, 1.54) is 6.07 Å². The molecule has 0 saturated carbocycles. The van der Waals surface area contributed by atoms with E-state index in [1.807, 2.05) is 11.0 Å².